The zero-order chi connectivity index (χ0) is 21.3. The fourth-order valence-corrected chi connectivity index (χ4v) is 4.28. The summed E-state index contributed by atoms with van der Waals surface area (Å²) in [6.45, 7) is 0.518. The van der Waals surface area contributed by atoms with Crippen molar-refractivity contribution in [3.63, 3.8) is 0 Å². The minimum atomic E-state index is -0.363. The third-order valence-corrected chi connectivity index (χ3v) is 6.10. The molecule has 0 radical (unpaired) electrons. The lowest BCUT2D eigenvalue weighted by Crippen LogP contribution is -2.36. The van der Waals surface area contributed by atoms with Crippen LogP contribution in [0.5, 0.6) is 0 Å². The zero-order valence-electron chi connectivity index (χ0n) is 17.6. The van der Waals surface area contributed by atoms with Crippen molar-refractivity contribution in [3.05, 3.63) is 108 Å². The molecule has 0 saturated heterocycles. The largest absolute Gasteiger partial charge is 0.341 e. The maximum absolute atomic E-state index is 13.5. The summed E-state index contributed by atoms with van der Waals surface area (Å²) in [5.74, 6) is 0.185. The molecule has 5 rings (SSSR count). The normalized spacial score (nSPS) is 14.2. The van der Waals surface area contributed by atoms with Gasteiger partial charge in [0.25, 0.3) is 0 Å². The summed E-state index contributed by atoms with van der Waals surface area (Å²) in [5, 5.41) is 4.88. The molecular weight excluding hydrogens is 382 g/mol. The minimum Gasteiger partial charge on any atom is -0.341 e. The molecule has 31 heavy (non-hydrogen) atoms. The molecular formula is C27H25N3O. The van der Waals surface area contributed by atoms with Crippen molar-refractivity contribution in [2.24, 2.45) is 0 Å². The topological polar surface area (TPSA) is 38.1 Å². The van der Waals surface area contributed by atoms with Gasteiger partial charge in [0, 0.05) is 30.9 Å². The minimum absolute atomic E-state index is 0.185. The van der Waals surface area contributed by atoms with Gasteiger partial charge in [-0.05, 0) is 30.5 Å². The molecule has 0 aliphatic heterocycles. The van der Waals surface area contributed by atoms with Crippen LogP contribution in [-0.4, -0.2) is 27.6 Å². The Bertz CT molecular complexity index is 1180. The fourth-order valence-electron chi connectivity index (χ4n) is 4.28. The number of likely N-dealkylation sites (N-methyl/N-ethyl adjacent to an activating group) is 1. The highest BCUT2D eigenvalue weighted by Gasteiger charge is 2.52. The second-order valence-corrected chi connectivity index (χ2v) is 8.26. The lowest BCUT2D eigenvalue weighted by atomic mass is 9.94. The first kappa shape index (κ1) is 19.3. The summed E-state index contributed by atoms with van der Waals surface area (Å²) >= 11 is 0. The average Bonchev–Trinajstić information content (AvgIpc) is 3.54. The quantitative estimate of drug-likeness (QED) is 0.439. The summed E-state index contributed by atoms with van der Waals surface area (Å²) < 4.78 is 1.90. The van der Waals surface area contributed by atoms with Crippen LogP contribution in [0.2, 0.25) is 0 Å². The van der Waals surface area contributed by atoms with Gasteiger partial charge in [-0.25, -0.2) is 4.68 Å². The molecule has 0 N–H and O–H groups in total. The van der Waals surface area contributed by atoms with Crippen molar-refractivity contribution >= 4 is 5.91 Å². The molecule has 1 aromatic heterocycles. The number of amides is 1. The number of carbonyl (C=O) groups excluding carboxylic acids is 1. The van der Waals surface area contributed by atoms with E-state index >= 15 is 0 Å². The van der Waals surface area contributed by atoms with E-state index in [1.807, 2.05) is 89.6 Å². The van der Waals surface area contributed by atoms with E-state index in [9.17, 15) is 4.79 Å². The highest BCUT2D eigenvalue weighted by Crippen LogP contribution is 2.49. The van der Waals surface area contributed by atoms with Gasteiger partial charge in [-0.3, -0.25) is 4.79 Å². The molecule has 1 aliphatic rings. The van der Waals surface area contributed by atoms with Crippen LogP contribution in [0.3, 0.4) is 0 Å². The Morgan fingerprint density at radius 1 is 0.903 bits per heavy atom. The van der Waals surface area contributed by atoms with E-state index in [0.717, 1.165) is 40.9 Å². The Morgan fingerprint density at radius 3 is 2.10 bits per heavy atom. The van der Waals surface area contributed by atoms with Gasteiger partial charge in [-0.1, -0.05) is 78.9 Å². The second-order valence-electron chi connectivity index (χ2n) is 8.26. The molecule has 1 fully saturated rings. The number of hydrogen-bond acceptors (Lipinski definition) is 2. The van der Waals surface area contributed by atoms with E-state index in [-0.39, 0.29) is 11.3 Å². The molecule has 0 unspecified atom stereocenters. The van der Waals surface area contributed by atoms with Crippen molar-refractivity contribution in [2.45, 2.75) is 24.8 Å². The molecule has 1 heterocycles. The molecule has 3 aromatic carbocycles. The predicted octanol–water partition coefficient (Wildman–Crippen LogP) is 5.23. The Kier molecular flexibility index (Phi) is 4.91. The van der Waals surface area contributed by atoms with E-state index in [1.54, 1.807) is 0 Å². The van der Waals surface area contributed by atoms with Gasteiger partial charge in [0.05, 0.1) is 16.8 Å². The number of benzene rings is 3. The van der Waals surface area contributed by atoms with E-state index in [1.165, 1.54) is 0 Å². The Morgan fingerprint density at radius 2 is 1.48 bits per heavy atom. The van der Waals surface area contributed by atoms with Crippen LogP contribution >= 0.6 is 0 Å². The third-order valence-electron chi connectivity index (χ3n) is 6.10. The summed E-state index contributed by atoms with van der Waals surface area (Å²) in [5.41, 5.74) is 4.76. The van der Waals surface area contributed by atoms with Gasteiger partial charge in [0.15, 0.2) is 0 Å². The molecule has 4 nitrogen and oxygen atoms in total. The Labute approximate surface area is 182 Å². The molecule has 1 saturated carbocycles. The van der Waals surface area contributed by atoms with E-state index in [0.29, 0.717) is 6.54 Å². The SMILES string of the molecule is CN(Cc1cn(-c2ccccc2)nc1-c1ccccc1)C(=O)C1(c2ccccc2)CC1. The van der Waals surface area contributed by atoms with E-state index in [4.69, 9.17) is 5.10 Å². The first-order chi connectivity index (χ1) is 15.2. The van der Waals surface area contributed by atoms with Gasteiger partial charge < -0.3 is 4.90 Å². The van der Waals surface area contributed by atoms with Gasteiger partial charge in [0.2, 0.25) is 5.91 Å². The van der Waals surface area contributed by atoms with Crippen LogP contribution in [0, 0.1) is 0 Å². The number of nitrogens with zero attached hydrogens (tertiary/aromatic N) is 3. The van der Waals surface area contributed by atoms with Crippen LogP contribution in [0.4, 0.5) is 0 Å². The number of carbonyl (C=O) groups is 1. The summed E-state index contributed by atoms with van der Waals surface area (Å²) in [7, 11) is 1.90. The molecule has 0 bridgehead atoms. The zero-order valence-corrected chi connectivity index (χ0v) is 17.6. The number of aromatic nitrogens is 2. The lowest BCUT2D eigenvalue weighted by molar-refractivity contribution is -0.133. The van der Waals surface area contributed by atoms with E-state index in [2.05, 4.69) is 24.3 Å². The molecule has 0 atom stereocenters. The summed E-state index contributed by atoms with van der Waals surface area (Å²) in [6, 6.07) is 30.4. The van der Waals surface area contributed by atoms with Crippen LogP contribution in [-0.2, 0) is 16.8 Å². The highest BCUT2D eigenvalue weighted by atomic mass is 16.2. The number of rotatable bonds is 6. The van der Waals surface area contributed by atoms with E-state index < -0.39 is 0 Å². The van der Waals surface area contributed by atoms with Crippen LogP contribution < -0.4 is 0 Å². The summed E-state index contributed by atoms with van der Waals surface area (Å²) in [4.78, 5) is 15.3. The van der Waals surface area contributed by atoms with Crippen LogP contribution in [0.25, 0.3) is 16.9 Å². The molecule has 4 aromatic rings. The molecule has 4 heteroatoms. The van der Waals surface area contributed by atoms with Gasteiger partial charge in [0.1, 0.15) is 0 Å². The molecule has 0 spiro atoms. The van der Waals surface area contributed by atoms with Crippen molar-refractivity contribution in [1.29, 1.82) is 0 Å². The Hall–Kier alpha value is -3.66. The fraction of sp³-hybridized carbons (Fsp3) is 0.185. The van der Waals surface area contributed by atoms with Crippen molar-refractivity contribution < 1.29 is 4.79 Å². The summed E-state index contributed by atoms with van der Waals surface area (Å²) in [6.07, 6.45) is 3.87. The van der Waals surface area contributed by atoms with Crippen molar-refractivity contribution in [1.82, 2.24) is 14.7 Å². The lowest BCUT2D eigenvalue weighted by Gasteiger charge is -2.24. The maximum Gasteiger partial charge on any atom is 0.233 e. The van der Waals surface area contributed by atoms with Gasteiger partial charge in [-0.2, -0.15) is 5.10 Å². The maximum atomic E-state index is 13.5. The van der Waals surface area contributed by atoms with Gasteiger partial charge in [-0.15, -0.1) is 0 Å². The van der Waals surface area contributed by atoms with Crippen molar-refractivity contribution in [3.8, 4) is 16.9 Å². The molecule has 154 valence electrons. The van der Waals surface area contributed by atoms with Crippen LogP contribution in [0.15, 0.2) is 97.2 Å². The standard InChI is InChI=1S/C27H25N3O/c1-29(26(31)27(17-18-27)23-13-7-3-8-14-23)19-22-20-30(24-15-9-4-10-16-24)28-25(22)21-11-5-2-6-12-21/h2-16,20H,17-19H2,1H3. The Balaban J connectivity index is 1.47. The second kappa shape index (κ2) is 7.88. The van der Waals surface area contributed by atoms with Gasteiger partial charge >= 0.3 is 0 Å². The van der Waals surface area contributed by atoms with Crippen LogP contribution in [0.1, 0.15) is 24.0 Å². The average molecular weight is 408 g/mol. The number of hydrogen-bond donors (Lipinski definition) is 0. The molecule has 1 amide bonds. The highest BCUT2D eigenvalue weighted by molar-refractivity contribution is 5.91. The smallest absolute Gasteiger partial charge is 0.233 e. The van der Waals surface area contributed by atoms with Crippen molar-refractivity contribution in [2.75, 3.05) is 7.05 Å². The number of para-hydroxylation sites is 1. The third kappa shape index (κ3) is 3.66. The molecule has 1 aliphatic carbocycles. The first-order valence-corrected chi connectivity index (χ1v) is 10.7. The predicted molar refractivity (Wildman–Crippen MR) is 123 cm³/mol. The monoisotopic (exact) mass is 407 g/mol. The first-order valence-electron chi connectivity index (χ1n) is 10.7.